The zero-order valence-electron chi connectivity index (χ0n) is 17.2. The van der Waals surface area contributed by atoms with Crippen LogP contribution in [-0.4, -0.2) is 34.4 Å². The smallest absolute Gasteiger partial charge is 0.191 e. The fraction of sp³-hybridized carbons (Fsp3) is 0.524. The van der Waals surface area contributed by atoms with Crippen molar-refractivity contribution in [1.82, 2.24) is 20.4 Å². The number of aryl methyl sites for hydroxylation is 2. The molecule has 152 valence electrons. The lowest BCUT2D eigenvalue weighted by atomic mass is 10.1. The van der Waals surface area contributed by atoms with Gasteiger partial charge in [0.1, 0.15) is 11.6 Å². The molecule has 1 aromatic carbocycles. The van der Waals surface area contributed by atoms with Gasteiger partial charge >= 0.3 is 0 Å². The van der Waals surface area contributed by atoms with Crippen LogP contribution >= 0.6 is 0 Å². The van der Waals surface area contributed by atoms with Crippen molar-refractivity contribution >= 4 is 5.96 Å². The van der Waals surface area contributed by atoms with Gasteiger partial charge in [-0.25, -0.2) is 8.78 Å². The lowest BCUT2D eigenvalue weighted by Crippen LogP contribution is -2.44. The largest absolute Gasteiger partial charge is 0.354 e. The minimum atomic E-state index is -0.480. The number of nitrogens with one attached hydrogen (secondary N) is 2. The third-order valence-corrected chi connectivity index (χ3v) is 5.35. The summed E-state index contributed by atoms with van der Waals surface area (Å²) < 4.78 is 29.9. The second-order valence-electron chi connectivity index (χ2n) is 7.57. The normalized spacial score (nSPS) is 20.2. The SMILES string of the molecule is CCN=C(NC(C)Cc1c(C)nn(C)c1C)NC1CC1c1c(F)cccc1F. The van der Waals surface area contributed by atoms with Crippen LogP contribution in [0.3, 0.4) is 0 Å². The average molecular weight is 389 g/mol. The van der Waals surface area contributed by atoms with Crippen LogP contribution in [0.1, 0.15) is 48.7 Å². The van der Waals surface area contributed by atoms with Gasteiger partial charge in [-0.3, -0.25) is 9.67 Å². The Kier molecular flexibility index (Phi) is 6.01. The van der Waals surface area contributed by atoms with E-state index in [2.05, 4.69) is 34.6 Å². The van der Waals surface area contributed by atoms with Gasteiger partial charge in [0.25, 0.3) is 0 Å². The monoisotopic (exact) mass is 389 g/mol. The molecule has 3 atom stereocenters. The summed E-state index contributed by atoms with van der Waals surface area (Å²) in [6.45, 7) is 8.77. The second kappa shape index (κ2) is 8.29. The first kappa shape index (κ1) is 20.3. The molecular weight excluding hydrogens is 360 g/mol. The number of benzene rings is 1. The van der Waals surface area contributed by atoms with E-state index in [1.807, 2.05) is 25.6 Å². The first-order valence-electron chi connectivity index (χ1n) is 9.82. The Hall–Kier alpha value is -2.44. The van der Waals surface area contributed by atoms with Crippen molar-refractivity contribution < 1.29 is 8.78 Å². The van der Waals surface area contributed by atoms with Crippen LogP contribution in [-0.2, 0) is 13.5 Å². The van der Waals surface area contributed by atoms with Crippen molar-refractivity contribution in [2.75, 3.05) is 6.54 Å². The van der Waals surface area contributed by atoms with Crippen LogP contribution in [0.5, 0.6) is 0 Å². The van der Waals surface area contributed by atoms with Crippen molar-refractivity contribution in [3.05, 3.63) is 52.3 Å². The number of rotatable bonds is 6. The first-order chi connectivity index (χ1) is 13.3. The molecular formula is C21H29F2N5. The summed E-state index contributed by atoms with van der Waals surface area (Å²) in [5.74, 6) is -0.444. The molecule has 5 nitrogen and oxygen atoms in total. The standard InChI is InChI=1S/C21H29F2N5/c1-6-24-21(25-12(2)10-15-13(3)27-28(5)14(15)4)26-19-11-16(19)20-17(22)8-7-9-18(20)23/h7-9,12,16,19H,6,10-11H2,1-5H3,(H2,24,25,26). The fourth-order valence-corrected chi connectivity index (χ4v) is 3.71. The number of guanidine groups is 1. The van der Waals surface area contributed by atoms with Crippen LogP contribution in [0.25, 0.3) is 0 Å². The molecule has 2 aromatic rings. The molecule has 0 bridgehead atoms. The fourth-order valence-electron chi connectivity index (χ4n) is 3.71. The Morgan fingerprint density at radius 3 is 2.57 bits per heavy atom. The molecule has 7 heteroatoms. The van der Waals surface area contributed by atoms with Gasteiger partial charge in [-0.15, -0.1) is 0 Å². The summed E-state index contributed by atoms with van der Waals surface area (Å²) in [5.41, 5.74) is 3.60. The van der Waals surface area contributed by atoms with Gasteiger partial charge in [0, 0.05) is 42.9 Å². The van der Waals surface area contributed by atoms with E-state index in [0.29, 0.717) is 18.9 Å². The van der Waals surface area contributed by atoms with E-state index in [1.165, 1.54) is 23.8 Å². The lowest BCUT2D eigenvalue weighted by Gasteiger charge is -2.19. The summed E-state index contributed by atoms with van der Waals surface area (Å²) in [4.78, 5) is 4.50. The summed E-state index contributed by atoms with van der Waals surface area (Å²) in [5, 5.41) is 11.2. The summed E-state index contributed by atoms with van der Waals surface area (Å²) >= 11 is 0. The molecule has 0 aliphatic heterocycles. The highest BCUT2D eigenvalue weighted by molar-refractivity contribution is 5.81. The number of aromatic nitrogens is 2. The minimum absolute atomic E-state index is 0.0155. The third kappa shape index (κ3) is 4.34. The Labute approximate surface area is 165 Å². The van der Waals surface area contributed by atoms with Gasteiger partial charge in [-0.05, 0) is 58.2 Å². The molecule has 0 amide bonds. The Balaban J connectivity index is 1.63. The van der Waals surface area contributed by atoms with Crippen molar-refractivity contribution in [3.63, 3.8) is 0 Å². The van der Waals surface area contributed by atoms with Gasteiger partial charge in [0.05, 0.1) is 5.69 Å². The molecule has 3 unspecified atom stereocenters. The Bertz CT molecular complexity index is 854. The first-order valence-corrected chi connectivity index (χ1v) is 9.82. The number of nitrogens with zero attached hydrogens (tertiary/aromatic N) is 3. The maximum atomic E-state index is 14.0. The van der Waals surface area contributed by atoms with E-state index in [-0.39, 0.29) is 23.6 Å². The summed E-state index contributed by atoms with van der Waals surface area (Å²) in [6, 6.07) is 4.15. The van der Waals surface area contributed by atoms with Gasteiger partial charge in [-0.1, -0.05) is 6.07 Å². The van der Waals surface area contributed by atoms with Gasteiger partial charge < -0.3 is 10.6 Å². The molecule has 0 radical (unpaired) electrons. The van der Waals surface area contributed by atoms with Gasteiger partial charge in [0.15, 0.2) is 5.96 Å². The van der Waals surface area contributed by atoms with Crippen molar-refractivity contribution in [1.29, 1.82) is 0 Å². The molecule has 0 spiro atoms. The summed E-state index contributed by atoms with van der Waals surface area (Å²) in [7, 11) is 1.95. The van der Waals surface area contributed by atoms with Gasteiger partial charge in [-0.2, -0.15) is 5.10 Å². The second-order valence-corrected chi connectivity index (χ2v) is 7.57. The van der Waals surface area contributed by atoms with Crippen LogP contribution in [0.15, 0.2) is 23.2 Å². The molecule has 1 aromatic heterocycles. The predicted octanol–water partition coefficient (Wildman–Crippen LogP) is 3.36. The lowest BCUT2D eigenvalue weighted by molar-refractivity contribution is 0.553. The van der Waals surface area contributed by atoms with Gasteiger partial charge in [0.2, 0.25) is 0 Å². The molecule has 3 rings (SSSR count). The Morgan fingerprint density at radius 2 is 2.00 bits per heavy atom. The zero-order valence-corrected chi connectivity index (χ0v) is 17.2. The molecule has 1 saturated carbocycles. The van der Waals surface area contributed by atoms with Crippen molar-refractivity contribution in [2.24, 2.45) is 12.0 Å². The maximum Gasteiger partial charge on any atom is 0.191 e. The third-order valence-electron chi connectivity index (χ3n) is 5.35. The highest BCUT2D eigenvalue weighted by Crippen LogP contribution is 2.43. The highest BCUT2D eigenvalue weighted by atomic mass is 19.1. The zero-order chi connectivity index (χ0) is 20.4. The molecule has 1 aliphatic carbocycles. The molecule has 0 saturated heterocycles. The van der Waals surface area contributed by atoms with Crippen LogP contribution in [0.2, 0.25) is 0 Å². The van der Waals surface area contributed by atoms with E-state index in [1.54, 1.807) is 0 Å². The number of hydrogen-bond acceptors (Lipinski definition) is 2. The molecule has 1 aliphatic rings. The predicted molar refractivity (Wildman–Crippen MR) is 108 cm³/mol. The van der Waals surface area contributed by atoms with Crippen LogP contribution < -0.4 is 10.6 Å². The van der Waals surface area contributed by atoms with E-state index in [9.17, 15) is 8.78 Å². The van der Waals surface area contributed by atoms with E-state index < -0.39 is 11.6 Å². The maximum absolute atomic E-state index is 14.0. The van der Waals surface area contributed by atoms with Crippen LogP contribution in [0.4, 0.5) is 8.78 Å². The van der Waals surface area contributed by atoms with Crippen LogP contribution in [0, 0.1) is 25.5 Å². The van der Waals surface area contributed by atoms with E-state index >= 15 is 0 Å². The molecule has 2 N–H and O–H groups in total. The average Bonchev–Trinajstić information content (AvgIpc) is 3.32. The van der Waals surface area contributed by atoms with Crippen molar-refractivity contribution in [2.45, 2.75) is 58.5 Å². The quantitative estimate of drug-likeness (QED) is 0.588. The highest BCUT2D eigenvalue weighted by Gasteiger charge is 2.42. The van der Waals surface area contributed by atoms with E-state index in [0.717, 1.165) is 17.8 Å². The molecule has 28 heavy (non-hydrogen) atoms. The van der Waals surface area contributed by atoms with Crippen molar-refractivity contribution in [3.8, 4) is 0 Å². The number of aliphatic imine (C=N–C) groups is 1. The minimum Gasteiger partial charge on any atom is -0.354 e. The number of halogens is 2. The molecule has 1 heterocycles. The Morgan fingerprint density at radius 1 is 1.32 bits per heavy atom. The number of hydrogen-bond donors (Lipinski definition) is 2. The molecule has 1 fully saturated rings. The topological polar surface area (TPSA) is 54.2 Å². The van der Waals surface area contributed by atoms with E-state index in [4.69, 9.17) is 0 Å². The summed E-state index contributed by atoms with van der Waals surface area (Å²) in [6.07, 6.45) is 1.52.